The molecule has 0 bridgehead atoms. The highest BCUT2D eigenvalue weighted by Crippen LogP contribution is 2.60. The van der Waals surface area contributed by atoms with Gasteiger partial charge in [-0.2, -0.15) is 0 Å². The second kappa shape index (κ2) is 11.7. The lowest BCUT2D eigenvalue weighted by atomic mass is 9.83. The third-order valence-corrected chi connectivity index (χ3v) is 11.1. The van der Waals surface area contributed by atoms with Crippen LogP contribution in [0.5, 0.6) is 5.75 Å². The van der Waals surface area contributed by atoms with Crippen LogP contribution in [0.1, 0.15) is 38.7 Å². The normalized spacial score (nSPS) is 19.0. The average molecular weight is 567 g/mol. The smallest absolute Gasteiger partial charge is 0.267 e. The first-order valence-electron chi connectivity index (χ1n) is 13.6. The van der Waals surface area contributed by atoms with Crippen molar-refractivity contribution in [2.24, 2.45) is 5.73 Å². The summed E-state index contributed by atoms with van der Waals surface area (Å²) in [6.07, 6.45) is 8.19. The van der Waals surface area contributed by atoms with Gasteiger partial charge in [0.05, 0.1) is 30.0 Å². The molecule has 1 unspecified atom stereocenters. The Morgan fingerprint density at radius 2 is 1.65 bits per heavy atom. The van der Waals surface area contributed by atoms with E-state index in [2.05, 4.69) is 24.1 Å². The molecule has 40 heavy (non-hydrogen) atoms. The van der Waals surface area contributed by atoms with Crippen molar-refractivity contribution >= 4 is 27.7 Å². The number of carbonyl (C=O) groups excluding carboxylic acids is 2. The number of nitrogens with two attached hydrogens (primary N) is 1. The second-order valence-corrected chi connectivity index (χ2v) is 16.3. The minimum absolute atomic E-state index is 0.0372. The summed E-state index contributed by atoms with van der Waals surface area (Å²) in [5.41, 5.74) is 7.51. The molecule has 9 heteroatoms. The number of benzene rings is 2. The van der Waals surface area contributed by atoms with Gasteiger partial charge in [0.15, 0.2) is 6.10 Å². The summed E-state index contributed by atoms with van der Waals surface area (Å²) in [4.78, 5) is 29.0. The maximum atomic E-state index is 14.0. The van der Waals surface area contributed by atoms with Crippen molar-refractivity contribution < 1.29 is 19.1 Å². The van der Waals surface area contributed by atoms with Crippen molar-refractivity contribution in [2.75, 3.05) is 31.9 Å². The van der Waals surface area contributed by atoms with Crippen molar-refractivity contribution in [1.82, 2.24) is 10.2 Å². The van der Waals surface area contributed by atoms with Gasteiger partial charge in [0.25, 0.3) is 5.91 Å². The van der Waals surface area contributed by atoms with E-state index in [1.54, 1.807) is 17.0 Å². The zero-order chi connectivity index (χ0) is 29.1. The standard InChI is InChI=1S/C31H42N4O4S/c1-30(2)26(32)24(27(33)34-29(37)31(17-12-18-31)40(3,4)5)19-35(30)28(36)25(39-23-15-10-7-11-16-23)21-38-20-22-13-8-6-9-14-22/h6-11,13-16,25H,12,17-21,32H2,1-5H3,(H2,33,34,37). The van der Waals surface area contributed by atoms with Gasteiger partial charge in [-0.25, -0.2) is 10.0 Å². The Balaban J connectivity index is 1.49. The molecule has 0 spiro atoms. The highest BCUT2D eigenvalue weighted by molar-refractivity contribution is 8.33. The summed E-state index contributed by atoms with van der Waals surface area (Å²) in [7, 11) is -1.18. The van der Waals surface area contributed by atoms with E-state index in [1.165, 1.54) is 0 Å². The molecule has 1 heterocycles. The molecule has 2 aromatic carbocycles. The van der Waals surface area contributed by atoms with Crippen LogP contribution in [0.15, 0.2) is 71.9 Å². The van der Waals surface area contributed by atoms with Crippen LogP contribution in [0.25, 0.3) is 0 Å². The highest BCUT2D eigenvalue weighted by Gasteiger charge is 2.51. The summed E-state index contributed by atoms with van der Waals surface area (Å²) in [5, 5.41) is 11.6. The third kappa shape index (κ3) is 5.90. The number of ether oxygens (including phenoxy) is 2. The summed E-state index contributed by atoms with van der Waals surface area (Å²) in [6.45, 7) is 4.17. The zero-order valence-corrected chi connectivity index (χ0v) is 25.0. The van der Waals surface area contributed by atoms with E-state index in [1.807, 2.05) is 62.4 Å². The van der Waals surface area contributed by atoms with Crippen LogP contribution in [0, 0.1) is 5.41 Å². The number of hydrogen-bond donors (Lipinski definition) is 3. The van der Waals surface area contributed by atoms with Gasteiger partial charge >= 0.3 is 0 Å². The molecule has 1 atom stereocenters. The Labute approximate surface area is 239 Å². The first-order valence-corrected chi connectivity index (χ1v) is 16.4. The van der Waals surface area contributed by atoms with Crippen molar-refractivity contribution in [1.29, 1.82) is 5.41 Å². The predicted octanol–water partition coefficient (Wildman–Crippen LogP) is 4.19. The molecular formula is C31H42N4O4S. The lowest BCUT2D eigenvalue weighted by Crippen LogP contribution is -2.55. The molecule has 0 aromatic heterocycles. The Morgan fingerprint density at radius 1 is 1.05 bits per heavy atom. The average Bonchev–Trinajstić information content (AvgIpc) is 3.11. The quantitative estimate of drug-likeness (QED) is 0.294. The van der Waals surface area contributed by atoms with Gasteiger partial charge in [0.1, 0.15) is 11.6 Å². The first-order chi connectivity index (χ1) is 18.9. The Hall–Kier alpha value is -3.30. The molecule has 1 aliphatic carbocycles. The van der Waals surface area contributed by atoms with Crippen molar-refractivity contribution in [3.63, 3.8) is 0 Å². The third-order valence-electron chi connectivity index (χ3n) is 8.21. The maximum absolute atomic E-state index is 14.0. The largest absolute Gasteiger partial charge is 0.478 e. The molecular weight excluding hydrogens is 524 g/mol. The van der Waals surface area contributed by atoms with Crippen LogP contribution in [-0.4, -0.2) is 70.9 Å². The van der Waals surface area contributed by atoms with Crippen LogP contribution in [0.3, 0.4) is 0 Å². The number of hydrogen-bond acceptors (Lipinski definition) is 6. The molecule has 0 saturated heterocycles. The lowest BCUT2D eigenvalue weighted by Gasteiger charge is -2.53. The molecule has 8 nitrogen and oxygen atoms in total. The number of rotatable bonds is 10. The first kappa shape index (κ1) is 29.7. The van der Waals surface area contributed by atoms with Crippen molar-refractivity contribution in [3.8, 4) is 5.75 Å². The SMILES string of the molecule is CC1(C)C(N)=C(C(=N)NC(=O)C2(S(C)(C)C)CCC2)CN1C(=O)C(COCc1ccccc1)Oc1ccccc1. The van der Waals surface area contributed by atoms with Crippen LogP contribution in [0.2, 0.25) is 0 Å². The van der Waals surface area contributed by atoms with Crippen molar-refractivity contribution in [2.45, 2.75) is 56.1 Å². The van der Waals surface area contributed by atoms with Crippen LogP contribution >= 0.6 is 10.0 Å². The van der Waals surface area contributed by atoms with E-state index in [9.17, 15) is 9.59 Å². The zero-order valence-electron chi connectivity index (χ0n) is 24.2. The lowest BCUT2D eigenvalue weighted by molar-refractivity contribution is -0.144. The topological polar surface area (TPSA) is 118 Å². The van der Waals surface area contributed by atoms with E-state index in [0.717, 1.165) is 24.8 Å². The van der Waals surface area contributed by atoms with Gasteiger partial charge in [-0.3, -0.25) is 15.0 Å². The predicted molar refractivity (Wildman–Crippen MR) is 162 cm³/mol. The fourth-order valence-electron chi connectivity index (χ4n) is 5.29. The van der Waals surface area contributed by atoms with Gasteiger partial charge in [0, 0.05) is 11.3 Å². The Morgan fingerprint density at radius 3 is 2.20 bits per heavy atom. The molecule has 216 valence electrons. The monoisotopic (exact) mass is 566 g/mol. The molecule has 1 fully saturated rings. The second-order valence-electron chi connectivity index (χ2n) is 11.8. The molecule has 2 aromatic rings. The van der Waals surface area contributed by atoms with E-state index >= 15 is 0 Å². The van der Waals surface area contributed by atoms with E-state index in [4.69, 9.17) is 20.6 Å². The van der Waals surface area contributed by atoms with Crippen molar-refractivity contribution in [3.05, 3.63) is 77.5 Å². The number of nitrogens with zero attached hydrogens (tertiary/aromatic N) is 1. The highest BCUT2D eigenvalue weighted by atomic mass is 32.3. The van der Waals surface area contributed by atoms with E-state index in [0.29, 0.717) is 23.6 Å². The summed E-state index contributed by atoms with van der Waals surface area (Å²) >= 11 is 0. The molecule has 2 amide bonds. The van der Waals surface area contributed by atoms with E-state index in [-0.39, 0.29) is 30.8 Å². The number of para-hydroxylation sites is 1. The van der Waals surface area contributed by atoms with Crippen LogP contribution < -0.4 is 15.8 Å². The van der Waals surface area contributed by atoms with Gasteiger partial charge in [-0.05, 0) is 69.6 Å². The number of amidine groups is 1. The summed E-state index contributed by atoms with van der Waals surface area (Å²) in [6, 6.07) is 18.9. The minimum Gasteiger partial charge on any atom is -0.478 e. The number of nitrogens with one attached hydrogen (secondary N) is 2. The number of carbonyl (C=O) groups is 2. The van der Waals surface area contributed by atoms with Crippen LogP contribution in [-0.2, 0) is 20.9 Å². The van der Waals surface area contributed by atoms with Gasteiger partial charge < -0.3 is 25.4 Å². The molecule has 0 radical (unpaired) electrons. The molecule has 4 rings (SSSR count). The van der Waals surface area contributed by atoms with Crippen LogP contribution in [0.4, 0.5) is 0 Å². The van der Waals surface area contributed by atoms with Gasteiger partial charge in [-0.1, -0.05) is 48.5 Å². The Kier molecular flexibility index (Phi) is 8.66. The number of amides is 2. The molecule has 2 aliphatic rings. The molecule has 1 saturated carbocycles. The fourth-order valence-corrected chi connectivity index (χ4v) is 7.41. The molecule has 1 aliphatic heterocycles. The van der Waals surface area contributed by atoms with Gasteiger partial charge in [-0.15, -0.1) is 0 Å². The fraction of sp³-hybridized carbons (Fsp3) is 0.452. The maximum Gasteiger partial charge on any atom is 0.267 e. The molecule has 4 N–H and O–H groups in total. The summed E-state index contributed by atoms with van der Waals surface area (Å²) in [5.74, 6) is 0.0989. The minimum atomic E-state index is -1.18. The van der Waals surface area contributed by atoms with E-state index < -0.39 is 26.4 Å². The summed E-state index contributed by atoms with van der Waals surface area (Å²) < 4.78 is 11.6. The Bertz CT molecular complexity index is 1270. The van der Waals surface area contributed by atoms with Gasteiger partial charge in [0.2, 0.25) is 5.91 Å².